The molecule has 0 unspecified atom stereocenters. The van der Waals surface area contributed by atoms with Crippen LogP contribution in [0.3, 0.4) is 0 Å². The summed E-state index contributed by atoms with van der Waals surface area (Å²) in [4.78, 5) is 15.4. The van der Waals surface area contributed by atoms with Crippen molar-refractivity contribution < 1.29 is 31.1 Å². The Balaban J connectivity index is 1.67. The maximum absolute atomic E-state index is 14.3. The van der Waals surface area contributed by atoms with E-state index in [1.807, 2.05) is 0 Å². The van der Waals surface area contributed by atoms with E-state index in [1.165, 1.54) is 18.2 Å². The highest BCUT2D eigenvalue weighted by Crippen LogP contribution is 2.46. The molecule has 0 radical (unpaired) electrons. The number of rotatable bonds is 9. The average Bonchev–Trinajstić information content (AvgIpc) is 3.50. The number of aryl methyl sites for hydroxylation is 1. The Bertz CT molecular complexity index is 1480. The summed E-state index contributed by atoms with van der Waals surface area (Å²) in [6, 6.07) is 5.72. The first-order valence-electron chi connectivity index (χ1n) is 13.2. The lowest BCUT2D eigenvalue weighted by Gasteiger charge is -2.28. The molecule has 1 aromatic carbocycles. The highest BCUT2D eigenvalue weighted by atomic mass is 32.2. The first-order valence-corrected chi connectivity index (χ1v) is 15.5. The van der Waals surface area contributed by atoms with Gasteiger partial charge in [0.2, 0.25) is 10.0 Å². The molecule has 4 rings (SSSR count). The first-order chi connectivity index (χ1) is 19.3. The molecule has 0 saturated heterocycles. The summed E-state index contributed by atoms with van der Waals surface area (Å²) in [5.74, 6) is 0.193. The smallest absolute Gasteiger partial charge is 0.434 e. The summed E-state index contributed by atoms with van der Waals surface area (Å²) in [6.45, 7) is 5.14. The number of nitrogens with one attached hydrogen (secondary N) is 3. The summed E-state index contributed by atoms with van der Waals surface area (Å²) in [5, 5.41) is 10.3. The van der Waals surface area contributed by atoms with E-state index in [0.717, 1.165) is 11.3 Å². The fourth-order valence-electron chi connectivity index (χ4n) is 4.69. The third kappa shape index (κ3) is 7.57. The van der Waals surface area contributed by atoms with Gasteiger partial charge in [-0.15, -0.1) is 11.3 Å². The van der Waals surface area contributed by atoms with Crippen molar-refractivity contribution in [2.75, 3.05) is 11.9 Å². The number of aromatic nitrogens is 3. The number of carbonyl (C=O) groups excluding carboxylic acids is 1. The van der Waals surface area contributed by atoms with Crippen LogP contribution in [0, 0.1) is 0 Å². The van der Waals surface area contributed by atoms with Crippen LogP contribution in [0.5, 0.6) is 0 Å². The molecule has 1 fully saturated rings. The largest absolute Gasteiger partial charge is 0.447 e. The molecule has 2 aromatic heterocycles. The average molecular weight is 615 g/mol. The van der Waals surface area contributed by atoms with E-state index in [-0.39, 0.29) is 45.0 Å². The summed E-state index contributed by atoms with van der Waals surface area (Å²) < 4.78 is 78.2. The Hall–Kier alpha value is -3.17. The van der Waals surface area contributed by atoms with E-state index < -0.39 is 28.0 Å². The standard InChI is InChI=1S/C26H33F3N6O4S2/c1-5-30-41(37,38)20-14-18(31-21-12-13-35(4)34-21)10-11-19(20)22-23(26(27,28)29)33-24(40-22)16-6-8-17(9-7-16)32-25(36)39-15(2)3/h10-17,30H,5-9H2,1-4H3,(H,31,34)(H,32,36)/t16-,17-. The molecule has 41 heavy (non-hydrogen) atoms. The van der Waals surface area contributed by atoms with Gasteiger partial charge in [-0.3, -0.25) is 4.68 Å². The number of sulfonamides is 1. The van der Waals surface area contributed by atoms with Gasteiger partial charge >= 0.3 is 12.3 Å². The number of amides is 1. The molecular weight excluding hydrogens is 581 g/mol. The number of thiazole rings is 1. The number of benzene rings is 1. The van der Waals surface area contributed by atoms with E-state index >= 15 is 0 Å². The van der Waals surface area contributed by atoms with Gasteiger partial charge in [0.1, 0.15) is 0 Å². The lowest BCUT2D eigenvalue weighted by Crippen LogP contribution is -2.38. The van der Waals surface area contributed by atoms with E-state index in [4.69, 9.17) is 4.74 Å². The van der Waals surface area contributed by atoms with Crippen LogP contribution < -0.4 is 15.4 Å². The molecule has 0 bridgehead atoms. The van der Waals surface area contributed by atoms with Gasteiger partial charge in [0.25, 0.3) is 0 Å². The fraction of sp³-hybridized carbons (Fsp3) is 0.500. The van der Waals surface area contributed by atoms with Crippen LogP contribution in [-0.2, 0) is 28.0 Å². The van der Waals surface area contributed by atoms with Gasteiger partial charge < -0.3 is 15.4 Å². The van der Waals surface area contributed by atoms with Crippen LogP contribution in [0.2, 0.25) is 0 Å². The number of alkyl carbamates (subject to hydrolysis) is 1. The number of nitrogens with zero attached hydrogens (tertiary/aromatic N) is 3. The summed E-state index contributed by atoms with van der Waals surface area (Å²) in [7, 11) is -2.44. The number of anilines is 2. The van der Waals surface area contributed by atoms with Crippen molar-refractivity contribution in [2.45, 2.75) is 75.6 Å². The molecule has 3 N–H and O–H groups in total. The Morgan fingerprint density at radius 2 is 1.90 bits per heavy atom. The molecule has 1 saturated carbocycles. The van der Waals surface area contributed by atoms with Crippen LogP contribution in [0.1, 0.15) is 63.1 Å². The minimum Gasteiger partial charge on any atom is -0.447 e. The van der Waals surface area contributed by atoms with Crippen LogP contribution in [-0.4, -0.2) is 48.0 Å². The second-order valence-electron chi connectivity index (χ2n) is 10.1. The third-order valence-electron chi connectivity index (χ3n) is 6.49. The monoisotopic (exact) mass is 614 g/mol. The van der Waals surface area contributed by atoms with E-state index in [0.29, 0.717) is 37.2 Å². The molecule has 1 aliphatic carbocycles. The zero-order chi connectivity index (χ0) is 29.9. The minimum absolute atomic E-state index is 0.0573. The van der Waals surface area contributed by atoms with Gasteiger partial charge in [0.05, 0.1) is 20.9 Å². The molecular formula is C26H33F3N6O4S2. The van der Waals surface area contributed by atoms with Gasteiger partial charge in [-0.1, -0.05) is 13.0 Å². The molecule has 1 aliphatic rings. The predicted molar refractivity (Wildman–Crippen MR) is 150 cm³/mol. The fourth-order valence-corrected chi connectivity index (χ4v) is 7.33. The van der Waals surface area contributed by atoms with E-state index in [9.17, 15) is 26.4 Å². The molecule has 0 spiro atoms. The molecule has 15 heteroatoms. The predicted octanol–water partition coefficient (Wildman–Crippen LogP) is 5.77. The second kappa shape index (κ2) is 12.4. The molecule has 1 amide bonds. The minimum atomic E-state index is -4.80. The van der Waals surface area contributed by atoms with Gasteiger partial charge in [-0.2, -0.15) is 18.3 Å². The van der Waals surface area contributed by atoms with Crippen molar-refractivity contribution in [1.29, 1.82) is 0 Å². The third-order valence-corrected chi connectivity index (χ3v) is 9.33. The Kier molecular flexibility index (Phi) is 9.29. The molecule has 2 heterocycles. The topological polar surface area (TPSA) is 127 Å². The van der Waals surface area contributed by atoms with Crippen molar-refractivity contribution in [3.05, 3.63) is 41.2 Å². The Morgan fingerprint density at radius 3 is 2.49 bits per heavy atom. The van der Waals surface area contributed by atoms with Crippen LogP contribution >= 0.6 is 11.3 Å². The highest BCUT2D eigenvalue weighted by Gasteiger charge is 2.40. The Labute approximate surface area is 240 Å². The molecule has 10 nitrogen and oxygen atoms in total. The number of ether oxygens (including phenoxy) is 1. The van der Waals surface area contributed by atoms with Crippen molar-refractivity contribution in [2.24, 2.45) is 7.05 Å². The lowest BCUT2D eigenvalue weighted by molar-refractivity contribution is -0.140. The maximum atomic E-state index is 14.3. The zero-order valence-electron chi connectivity index (χ0n) is 23.1. The van der Waals surface area contributed by atoms with Crippen LogP contribution in [0.4, 0.5) is 29.5 Å². The Morgan fingerprint density at radius 1 is 1.20 bits per heavy atom. The molecule has 224 valence electrons. The summed E-state index contributed by atoms with van der Waals surface area (Å²) in [6.07, 6.45) is -1.73. The summed E-state index contributed by atoms with van der Waals surface area (Å²) in [5.41, 5.74) is -0.846. The van der Waals surface area contributed by atoms with Gasteiger partial charge in [0.15, 0.2) is 11.5 Å². The number of halogens is 3. The molecule has 0 atom stereocenters. The van der Waals surface area contributed by atoms with Crippen molar-refractivity contribution in [3.63, 3.8) is 0 Å². The van der Waals surface area contributed by atoms with Gasteiger partial charge in [-0.05, 0) is 51.7 Å². The molecule has 0 aliphatic heterocycles. The number of hydrogen-bond acceptors (Lipinski definition) is 8. The van der Waals surface area contributed by atoms with Crippen molar-refractivity contribution >= 4 is 39.0 Å². The zero-order valence-corrected chi connectivity index (χ0v) is 24.7. The second-order valence-corrected chi connectivity index (χ2v) is 12.9. The van der Waals surface area contributed by atoms with Gasteiger partial charge in [-0.25, -0.2) is 22.9 Å². The van der Waals surface area contributed by atoms with Crippen LogP contribution in [0.25, 0.3) is 10.4 Å². The van der Waals surface area contributed by atoms with E-state index in [2.05, 4.69) is 25.4 Å². The normalized spacial score (nSPS) is 18.0. The molecule has 3 aromatic rings. The summed E-state index contributed by atoms with van der Waals surface area (Å²) >= 11 is 0.860. The highest BCUT2D eigenvalue weighted by molar-refractivity contribution is 7.89. The number of carbonyl (C=O) groups is 1. The van der Waals surface area contributed by atoms with Gasteiger partial charge in [0, 0.05) is 49.1 Å². The number of alkyl halides is 3. The first kappa shape index (κ1) is 30.8. The quantitative estimate of drug-likeness (QED) is 0.280. The van der Waals surface area contributed by atoms with Crippen molar-refractivity contribution in [3.8, 4) is 10.4 Å². The SMILES string of the molecule is CCNS(=O)(=O)c1cc(Nc2ccn(C)n2)ccc1-c1sc([C@H]2CC[C@H](NC(=O)OC(C)C)CC2)nc1C(F)(F)F. The maximum Gasteiger partial charge on any atom is 0.434 e. The van der Waals surface area contributed by atoms with E-state index in [1.54, 1.807) is 44.8 Å². The number of hydrogen-bond donors (Lipinski definition) is 3. The van der Waals surface area contributed by atoms with Crippen molar-refractivity contribution in [1.82, 2.24) is 24.8 Å². The lowest BCUT2D eigenvalue weighted by atomic mass is 9.86. The van der Waals surface area contributed by atoms with Crippen LogP contribution in [0.15, 0.2) is 35.4 Å².